The van der Waals surface area contributed by atoms with Crippen LogP contribution in [0.15, 0.2) is 36.4 Å². The average Bonchev–Trinajstić information content (AvgIpc) is 2.44. The van der Waals surface area contributed by atoms with E-state index in [4.69, 9.17) is 11.6 Å². The first kappa shape index (κ1) is 16.3. The summed E-state index contributed by atoms with van der Waals surface area (Å²) in [5.74, 6) is 0. The Labute approximate surface area is 131 Å². The monoisotopic (exact) mass is 324 g/mol. The standard InChI is InChI=1S/C17H12ClF3O/c1-11-2-3-12(9-16(11)17(19,20)21)4-5-13-6-14(10-22)8-15(18)7-13/h2-10H,1H3/b5-4+. The maximum Gasteiger partial charge on any atom is 0.416 e. The third kappa shape index (κ3) is 3.98. The first-order valence-electron chi connectivity index (χ1n) is 6.41. The Hall–Kier alpha value is -2.07. The molecule has 0 spiro atoms. The molecular formula is C17H12ClF3O. The molecule has 1 nitrogen and oxygen atoms in total. The number of rotatable bonds is 3. The Morgan fingerprint density at radius 1 is 0.955 bits per heavy atom. The predicted octanol–water partition coefficient (Wildman–Crippen LogP) is 5.65. The van der Waals surface area contributed by atoms with Crippen molar-refractivity contribution >= 4 is 30.0 Å². The number of carbonyl (C=O) groups excluding carboxylic acids is 1. The number of carbonyl (C=O) groups is 1. The maximum absolute atomic E-state index is 12.9. The van der Waals surface area contributed by atoms with Crippen molar-refractivity contribution in [2.75, 3.05) is 0 Å². The molecule has 2 aromatic rings. The largest absolute Gasteiger partial charge is 0.416 e. The van der Waals surface area contributed by atoms with E-state index in [2.05, 4.69) is 0 Å². The summed E-state index contributed by atoms with van der Waals surface area (Å²) in [4.78, 5) is 10.8. The molecular weight excluding hydrogens is 313 g/mol. The molecule has 0 bridgehead atoms. The van der Waals surface area contributed by atoms with Gasteiger partial charge in [-0.15, -0.1) is 0 Å². The summed E-state index contributed by atoms with van der Waals surface area (Å²) in [5.41, 5.74) is 0.992. The summed E-state index contributed by atoms with van der Waals surface area (Å²) in [5, 5.41) is 0.393. The van der Waals surface area contributed by atoms with Crippen molar-refractivity contribution in [1.29, 1.82) is 0 Å². The maximum atomic E-state index is 12.9. The van der Waals surface area contributed by atoms with Crippen molar-refractivity contribution < 1.29 is 18.0 Å². The minimum absolute atomic E-state index is 0.177. The van der Waals surface area contributed by atoms with Gasteiger partial charge in [0, 0.05) is 10.6 Å². The minimum Gasteiger partial charge on any atom is -0.298 e. The van der Waals surface area contributed by atoms with E-state index < -0.39 is 11.7 Å². The Morgan fingerprint density at radius 2 is 1.59 bits per heavy atom. The molecule has 0 fully saturated rings. The van der Waals surface area contributed by atoms with Gasteiger partial charge in [-0.3, -0.25) is 4.79 Å². The van der Waals surface area contributed by atoms with Crippen molar-refractivity contribution in [2.45, 2.75) is 13.1 Å². The zero-order chi connectivity index (χ0) is 16.3. The van der Waals surface area contributed by atoms with Crippen LogP contribution in [-0.4, -0.2) is 6.29 Å². The number of benzene rings is 2. The van der Waals surface area contributed by atoms with Crippen molar-refractivity contribution in [3.63, 3.8) is 0 Å². The lowest BCUT2D eigenvalue weighted by atomic mass is 10.0. The second-order valence-corrected chi connectivity index (χ2v) is 5.28. The van der Waals surface area contributed by atoms with E-state index in [0.717, 1.165) is 6.07 Å². The van der Waals surface area contributed by atoms with Crippen LogP contribution in [0, 0.1) is 6.92 Å². The first-order chi connectivity index (χ1) is 10.3. The van der Waals surface area contributed by atoms with Gasteiger partial charge in [-0.25, -0.2) is 0 Å². The van der Waals surface area contributed by atoms with Crippen LogP contribution >= 0.6 is 11.6 Å². The van der Waals surface area contributed by atoms with Gasteiger partial charge in [0.25, 0.3) is 0 Å². The van der Waals surface area contributed by atoms with E-state index in [-0.39, 0.29) is 5.56 Å². The zero-order valence-corrected chi connectivity index (χ0v) is 12.4. The van der Waals surface area contributed by atoms with Crippen LogP contribution in [0.3, 0.4) is 0 Å². The molecule has 0 aliphatic rings. The molecule has 2 rings (SSSR count). The fraction of sp³-hybridized carbons (Fsp3) is 0.118. The quantitative estimate of drug-likeness (QED) is 0.526. The molecule has 0 heterocycles. The topological polar surface area (TPSA) is 17.1 Å². The number of hydrogen-bond donors (Lipinski definition) is 0. The van der Waals surface area contributed by atoms with E-state index >= 15 is 0 Å². The van der Waals surface area contributed by atoms with Crippen LogP contribution < -0.4 is 0 Å². The summed E-state index contributed by atoms with van der Waals surface area (Å²) in [6.07, 6.45) is -0.551. The van der Waals surface area contributed by atoms with Crippen LogP contribution in [-0.2, 0) is 6.18 Å². The highest BCUT2D eigenvalue weighted by Gasteiger charge is 2.32. The van der Waals surface area contributed by atoms with Crippen LogP contribution in [0.4, 0.5) is 13.2 Å². The Morgan fingerprint density at radius 3 is 2.23 bits per heavy atom. The Bertz CT molecular complexity index is 733. The SMILES string of the molecule is Cc1ccc(/C=C/c2cc(Cl)cc(C=O)c2)cc1C(F)(F)F. The molecule has 2 aromatic carbocycles. The average molecular weight is 325 g/mol. The summed E-state index contributed by atoms with van der Waals surface area (Å²) in [6, 6.07) is 8.87. The van der Waals surface area contributed by atoms with Crippen LogP contribution in [0.2, 0.25) is 5.02 Å². The second kappa shape index (κ2) is 6.36. The second-order valence-electron chi connectivity index (χ2n) is 4.84. The molecule has 22 heavy (non-hydrogen) atoms. The van der Waals surface area contributed by atoms with Crippen LogP contribution in [0.5, 0.6) is 0 Å². The van der Waals surface area contributed by atoms with Gasteiger partial charge >= 0.3 is 6.18 Å². The van der Waals surface area contributed by atoms with E-state index in [1.807, 2.05) is 0 Å². The number of hydrogen-bond acceptors (Lipinski definition) is 1. The molecule has 5 heteroatoms. The molecule has 0 aliphatic heterocycles. The van der Waals surface area contributed by atoms with Gasteiger partial charge in [0.15, 0.2) is 0 Å². The minimum atomic E-state index is -4.38. The molecule has 0 unspecified atom stereocenters. The van der Waals surface area contributed by atoms with Gasteiger partial charge in [-0.1, -0.05) is 35.9 Å². The van der Waals surface area contributed by atoms with Crippen LogP contribution in [0.1, 0.15) is 32.6 Å². The number of aldehydes is 1. The van der Waals surface area contributed by atoms with Gasteiger partial charge in [0.1, 0.15) is 6.29 Å². The van der Waals surface area contributed by atoms with Gasteiger partial charge < -0.3 is 0 Å². The number of aryl methyl sites for hydroxylation is 1. The molecule has 0 atom stereocenters. The fourth-order valence-corrected chi connectivity index (χ4v) is 2.29. The Balaban J connectivity index is 2.35. The highest BCUT2D eigenvalue weighted by molar-refractivity contribution is 6.31. The van der Waals surface area contributed by atoms with E-state index in [0.29, 0.717) is 28.0 Å². The smallest absolute Gasteiger partial charge is 0.298 e. The first-order valence-corrected chi connectivity index (χ1v) is 6.79. The molecule has 0 saturated carbocycles. The van der Waals surface area contributed by atoms with Gasteiger partial charge in [0.05, 0.1) is 5.56 Å². The fourth-order valence-electron chi connectivity index (χ4n) is 2.04. The van der Waals surface area contributed by atoms with E-state index in [9.17, 15) is 18.0 Å². The van der Waals surface area contributed by atoms with Gasteiger partial charge in [-0.2, -0.15) is 13.2 Å². The molecule has 0 amide bonds. The molecule has 0 saturated heterocycles. The van der Waals surface area contributed by atoms with Crippen molar-refractivity contribution in [3.8, 4) is 0 Å². The lowest BCUT2D eigenvalue weighted by molar-refractivity contribution is -0.138. The predicted molar refractivity (Wildman–Crippen MR) is 81.9 cm³/mol. The van der Waals surface area contributed by atoms with E-state index in [1.165, 1.54) is 19.1 Å². The van der Waals surface area contributed by atoms with Crippen molar-refractivity contribution in [3.05, 3.63) is 69.2 Å². The third-order valence-electron chi connectivity index (χ3n) is 3.11. The highest BCUT2D eigenvalue weighted by Crippen LogP contribution is 2.32. The molecule has 0 aliphatic carbocycles. The summed E-state index contributed by atoms with van der Waals surface area (Å²) in [7, 11) is 0. The summed E-state index contributed by atoms with van der Waals surface area (Å²) < 4.78 is 38.6. The third-order valence-corrected chi connectivity index (χ3v) is 3.33. The lowest BCUT2D eigenvalue weighted by Gasteiger charge is -2.10. The summed E-state index contributed by atoms with van der Waals surface area (Å²) >= 11 is 5.87. The normalized spacial score (nSPS) is 11.9. The Kier molecular flexibility index (Phi) is 4.71. The summed E-state index contributed by atoms with van der Waals surface area (Å²) in [6.45, 7) is 1.42. The van der Waals surface area contributed by atoms with Crippen molar-refractivity contribution in [1.82, 2.24) is 0 Å². The molecule has 114 valence electrons. The van der Waals surface area contributed by atoms with Crippen LogP contribution in [0.25, 0.3) is 12.2 Å². The van der Waals surface area contributed by atoms with Crippen molar-refractivity contribution in [2.24, 2.45) is 0 Å². The highest BCUT2D eigenvalue weighted by atomic mass is 35.5. The van der Waals surface area contributed by atoms with Gasteiger partial charge in [-0.05, 0) is 47.9 Å². The zero-order valence-electron chi connectivity index (χ0n) is 11.6. The number of alkyl halides is 3. The van der Waals surface area contributed by atoms with Gasteiger partial charge in [0.2, 0.25) is 0 Å². The molecule has 0 aromatic heterocycles. The van der Waals surface area contributed by atoms with E-state index in [1.54, 1.807) is 30.4 Å². The number of halogens is 4. The lowest BCUT2D eigenvalue weighted by Crippen LogP contribution is -2.07. The molecule has 0 N–H and O–H groups in total. The molecule has 0 radical (unpaired) electrons.